The highest BCUT2D eigenvalue weighted by Crippen LogP contribution is 2.21. The highest BCUT2D eigenvalue weighted by Gasteiger charge is 2.32. The number of carbonyl (C=O) groups is 2. The smallest absolute Gasteiger partial charge is 0.243 e. The third-order valence-corrected chi connectivity index (χ3v) is 3.13. The number of piperazine rings is 1. The Kier molecular flexibility index (Phi) is 4.54. The van der Waals surface area contributed by atoms with Crippen LogP contribution in [0, 0.1) is 5.41 Å². The maximum Gasteiger partial charge on any atom is 0.243 e. The van der Waals surface area contributed by atoms with Gasteiger partial charge >= 0.3 is 0 Å². The van der Waals surface area contributed by atoms with Crippen molar-refractivity contribution in [3.8, 4) is 0 Å². The fourth-order valence-electron chi connectivity index (χ4n) is 2.16. The van der Waals surface area contributed by atoms with Gasteiger partial charge in [-0.1, -0.05) is 27.7 Å². The molecule has 0 saturated carbocycles. The van der Waals surface area contributed by atoms with E-state index in [1.54, 1.807) is 4.90 Å². The molecule has 1 saturated heterocycles. The van der Waals surface area contributed by atoms with Crippen molar-refractivity contribution in [2.75, 3.05) is 13.1 Å². The van der Waals surface area contributed by atoms with Crippen molar-refractivity contribution in [2.45, 2.75) is 53.0 Å². The van der Waals surface area contributed by atoms with Gasteiger partial charge in [-0.25, -0.2) is 0 Å². The van der Waals surface area contributed by atoms with Gasteiger partial charge in [-0.15, -0.1) is 0 Å². The molecule has 0 aromatic rings. The lowest BCUT2D eigenvalue weighted by atomic mass is 9.90. The van der Waals surface area contributed by atoms with Gasteiger partial charge in [0.05, 0.1) is 6.54 Å². The van der Waals surface area contributed by atoms with E-state index in [0.717, 1.165) is 12.8 Å². The van der Waals surface area contributed by atoms with E-state index < -0.39 is 0 Å². The molecule has 17 heavy (non-hydrogen) atoms. The number of amides is 2. The number of nitrogens with zero attached hydrogens (tertiary/aromatic N) is 1. The van der Waals surface area contributed by atoms with Crippen LogP contribution in [0.2, 0.25) is 0 Å². The summed E-state index contributed by atoms with van der Waals surface area (Å²) in [5, 5.41) is 2.64. The Morgan fingerprint density at radius 1 is 1.35 bits per heavy atom. The summed E-state index contributed by atoms with van der Waals surface area (Å²) in [6.45, 7) is 9.37. The number of nitrogens with one attached hydrogen (secondary N) is 1. The normalized spacial score (nSPS) is 21.6. The van der Waals surface area contributed by atoms with Gasteiger partial charge < -0.3 is 10.2 Å². The van der Waals surface area contributed by atoms with Gasteiger partial charge in [0.1, 0.15) is 6.04 Å². The molecule has 1 aliphatic heterocycles. The molecule has 0 aromatic heterocycles. The third kappa shape index (κ3) is 4.02. The summed E-state index contributed by atoms with van der Waals surface area (Å²) in [5.41, 5.74) is 0.281. The predicted molar refractivity (Wildman–Crippen MR) is 67.5 cm³/mol. The second-order valence-electron chi connectivity index (χ2n) is 5.89. The summed E-state index contributed by atoms with van der Waals surface area (Å²) < 4.78 is 0. The number of rotatable bonds is 4. The van der Waals surface area contributed by atoms with Gasteiger partial charge in [0, 0.05) is 6.54 Å². The molecule has 1 heterocycles. The van der Waals surface area contributed by atoms with Crippen molar-refractivity contribution >= 4 is 11.8 Å². The van der Waals surface area contributed by atoms with Crippen LogP contribution < -0.4 is 5.32 Å². The average molecular weight is 240 g/mol. The Bertz CT molecular complexity index is 294. The maximum atomic E-state index is 11.8. The third-order valence-electron chi connectivity index (χ3n) is 3.13. The largest absolute Gasteiger partial charge is 0.345 e. The molecule has 1 unspecified atom stereocenters. The van der Waals surface area contributed by atoms with E-state index in [1.807, 2.05) is 6.92 Å². The standard InChI is InChI=1S/C13H24N2O2/c1-5-10-12(17)14-9-11(16)15(10)8-6-7-13(2,3)4/h10H,5-9H2,1-4H3,(H,14,17). The average Bonchev–Trinajstić information content (AvgIpc) is 2.21. The molecule has 1 rings (SSSR count). The summed E-state index contributed by atoms with van der Waals surface area (Å²) in [7, 11) is 0. The quantitative estimate of drug-likeness (QED) is 0.810. The lowest BCUT2D eigenvalue weighted by Crippen LogP contribution is -2.58. The summed E-state index contributed by atoms with van der Waals surface area (Å²) >= 11 is 0. The van der Waals surface area contributed by atoms with Crippen LogP contribution in [0.5, 0.6) is 0 Å². The molecule has 4 heteroatoms. The van der Waals surface area contributed by atoms with Crippen LogP contribution >= 0.6 is 0 Å². The highest BCUT2D eigenvalue weighted by atomic mass is 16.2. The fourth-order valence-corrected chi connectivity index (χ4v) is 2.16. The summed E-state index contributed by atoms with van der Waals surface area (Å²) in [4.78, 5) is 25.2. The van der Waals surface area contributed by atoms with Gasteiger partial charge in [0.2, 0.25) is 11.8 Å². The minimum Gasteiger partial charge on any atom is -0.345 e. The first-order chi connectivity index (χ1) is 7.85. The van der Waals surface area contributed by atoms with E-state index in [-0.39, 0.29) is 29.8 Å². The van der Waals surface area contributed by atoms with Crippen LogP contribution in [0.4, 0.5) is 0 Å². The van der Waals surface area contributed by atoms with Crippen molar-refractivity contribution in [1.82, 2.24) is 10.2 Å². The van der Waals surface area contributed by atoms with Crippen LogP contribution in [0.3, 0.4) is 0 Å². The molecular weight excluding hydrogens is 216 g/mol. The van der Waals surface area contributed by atoms with Crippen LogP contribution in [0.15, 0.2) is 0 Å². The molecule has 0 radical (unpaired) electrons. The first-order valence-electron chi connectivity index (χ1n) is 6.42. The first-order valence-corrected chi connectivity index (χ1v) is 6.42. The predicted octanol–water partition coefficient (Wildman–Crippen LogP) is 1.55. The fraction of sp³-hybridized carbons (Fsp3) is 0.846. The molecule has 1 atom stereocenters. The lowest BCUT2D eigenvalue weighted by molar-refractivity contribution is -0.145. The molecule has 4 nitrogen and oxygen atoms in total. The number of hydrogen-bond donors (Lipinski definition) is 1. The molecule has 0 spiro atoms. The molecule has 1 N–H and O–H groups in total. The van der Waals surface area contributed by atoms with E-state index in [2.05, 4.69) is 26.1 Å². The Morgan fingerprint density at radius 2 is 2.00 bits per heavy atom. The van der Waals surface area contributed by atoms with Crippen LogP contribution in [-0.4, -0.2) is 35.8 Å². The summed E-state index contributed by atoms with van der Waals surface area (Å²) in [5.74, 6) is 0.0354. The molecule has 1 aliphatic rings. The lowest BCUT2D eigenvalue weighted by Gasteiger charge is -2.35. The molecule has 0 bridgehead atoms. The van der Waals surface area contributed by atoms with Crippen LogP contribution in [0.1, 0.15) is 47.0 Å². The Balaban J connectivity index is 2.53. The molecular formula is C13H24N2O2. The highest BCUT2D eigenvalue weighted by molar-refractivity contribution is 5.94. The summed E-state index contributed by atoms with van der Waals surface area (Å²) in [6, 6.07) is -0.267. The zero-order valence-corrected chi connectivity index (χ0v) is 11.4. The second kappa shape index (κ2) is 5.52. The number of carbonyl (C=O) groups excluding carboxylic acids is 2. The van der Waals surface area contributed by atoms with Gasteiger partial charge in [-0.2, -0.15) is 0 Å². The van der Waals surface area contributed by atoms with Gasteiger partial charge in [-0.3, -0.25) is 9.59 Å². The van der Waals surface area contributed by atoms with E-state index in [0.29, 0.717) is 13.0 Å². The Hall–Kier alpha value is -1.06. The SMILES string of the molecule is CCC1C(=O)NCC(=O)N1CCCC(C)(C)C. The Labute approximate surface area is 104 Å². The van der Waals surface area contributed by atoms with Crippen LogP contribution in [0.25, 0.3) is 0 Å². The zero-order valence-electron chi connectivity index (χ0n) is 11.4. The van der Waals surface area contributed by atoms with Crippen molar-refractivity contribution in [3.63, 3.8) is 0 Å². The van der Waals surface area contributed by atoms with Crippen molar-refractivity contribution < 1.29 is 9.59 Å². The molecule has 0 aromatic carbocycles. The minimum atomic E-state index is -0.267. The van der Waals surface area contributed by atoms with Gasteiger partial charge in [-0.05, 0) is 24.7 Å². The zero-order chi connectivity index (χ0) is 13.1. The number of hydrogen-bond acceptors (Lipinski definition) is 2. The molecule has 1 fully saturated rings. The van der Waals surface area contributed by atoms with E-state index in [4.69, 9.17) is 0 Å². The van der Waals surface area contributed by atoms with Crippen molar-refractivity contribution in [1.29, 1.82) is 0 Å². The van der Waals surface area contributed by atoms with Gasteiger partial charge in [0.25, 0.3) is 0 Å². The van der Waals surface area contributed by atoms with E-state index >= 15 is 0 Å². The van der Waals surface area contributed by atoms with Gasteiger partial charge in [0.15, 0.2) is 0 Å². The minimum absolute atomic E-state index is 0.0112. The maximum absolute atomic E-state index is 11.8. The van der Waals surface area contributed by atoms with E-state index in [1.165, 1.54) is 0 Å². The van der Waals surface area contributed by atoms with Crippen molar-refractivity contribution in [3.05, 3.63) is 0 Å². The first kappa shape index (κ1) is 14.0. The Morgan fingerprint density at radius 3 is 2.53 bits per heavy atom. The molecule has 98 valence electrons. The van der Waals surface area contributed by atoms with Crippen molar-refractivity contribution in [2.24, 2.45) is 5.41 Å². The monoisotopic (exact) mass is 240 g/mol. The molecule has 2 amide bonds. The topological polar surface area (TPSA) is 49.4 Å². The van der Waals surface area contributed by atoms with Crippen LogP contribution in [-0.2, 0) is 9.59 Å². The summed E-state index contributed by atoms with van der Waals surface area (Å²) in [6.07, 6.45) is 2.71. The molecule has 0 aliphatic carbocycles. The second-order valence-corrected chi connectivity index (χ2v) is 5.89. The van der Waals surface area contributed by atoms with E-state index in [9.17, 15) is 9.59 Å².